The zero-order valence-electron chi connectivity index (χ0n) is 12.5. The third-order valence-corrected chi connectivity index (χ3v) is 4.71. The van der Waals surface area contributed by atoms with Crippen molar-refractivity contribution >= 4 is 43.1 Å². The number of fused-ring (bicyclic) bond motifs is 7. The Balaban J connectivity index is 2.21. The highest BCUT2D eigenvalue weighted by molar-refractivity contribution is 6.28. The van der Waals surface area contributed by atoms with E-state index in [9.17, 15) is 5.11 Å². The van der Waals surface area contributed by atoms with Gasteiger partial charge in [-0.05, 0) is 38.4 Å². The SMILES string of the molecule is Oc1cc2ccccc2c2c1ccc1ccc3ccccc3c12. The first-order valence-corrected chi connectivity index (χ1v) is 7.78. The number of benzene rings is 5. The van der Waals surface area contributed by atoms with Gasteiger partial charge in [0.05, 0.1) is 0 Å². The molecule has 0 aliphatic heterocycles. The Morgan fingerprint density at radius 2 is 1.09 bits per heavy atom. The van der Waals surface area contributed by atoms with Crippen LogP contribution in [0.15, 0.2) is 78.9 Å². The summed E-state index contributed by atoms with van der Waals surface area (Å²) in [5.74, 6) is 0.341. The predicted molar refractivity (Wildman–Crippen MR) is 98.1 cm³/mol. The van der Waals surface area contributed by atoms with Crippen molar-refractivity contribution in [2.75, 3.05) is 0 Å². The monoisotopic (exact) mass is 294 g/mol. The fourth-order valence-corrected chi connectivity index (χ4v) is 3.67. The number of aromatic hydroxyl groups is 1. The Bertz CT molecular complexity index is 1220. The molecule has 0 bridgehead atoms. The van der Waals surface area contributed by atoms with E-state index in [0.29, 0.717) is 5.75 Å². The summed E-state index contributed by atoms with van der Waals surface area (Å²) in [7, 11) is 0. The molecule has 5 aromatic rings. The van der Waals surface area contributed by atoms with Crippen LogP contribution in [0.4, 0.5) is 0 Å². The van der Waals surface area contributed by atoms with Crippen LogP contribution >= 0.6 is 0 Å². The van der Waals surface area contributed by atoms with Gasteiger partial charge in [-0.3, -0.25) is 0 Å². The summed E-state index contributed by atoms with van der Waals surface area (Å²) in [5, 5.41) is 19.7. The van der Waals surface area contributed by atoms with Crippen molar-refractivity contribution in [2.24, 2.45) is 0 Å². The standard InChI is InChI=1S/C22H14O/c23-20-13-16-6-2-4-8-18(16)22-19(20)12-11-15-10-9-14-5-1-3-7-17(14)21(15)22/h1-13,23H. The van der Waals surface area contributed by atoms with Crippen molar-refractivity contribution in [2.45, 2.75) is 0 Å². The summed E-state index contributed by atoms with van der Waals surface area (Å²) >= 11 is 0. The van der Waals surface area contributed by atoms with Gasteiger partial charge in [0.1, 0.15) is 5.75 Å². The van der Waals surface area contributed by atoms with Crippen LogP contribution in [-0.2, 0) is 0 Å². The van der Waals surface area contributed by atoms with E-state index in [1.165, 1.54) is 26.9 Å². The average Bonchev–Trinajstić information content (AvgIpc) is 2.61. The molecule has 5 rings (SSSR count). The number of hydrogen-bond acceptors (Lipinski definition) is 1. The maximum absolute atomic E-state index is 10.5. The van der Waals surface area contributed by atoms with Crippen molar-refractivity contribution in [3.8, 4) is 5.75 Å². The summed E-state index contributed by atoms with van der Waals surface area (Å²) in [5.41, 5.74) is 0. The molecule has 0 saturated carbocycles. The van der Waals surface area contributed by atoms with E-state index in [2.05, 4.69) is 60.7 Å². The van der Waals surface area contributed by atoms with Crippen molar-refractivity contribution in [3.05, 3.63) is 78.9 Å². The molecule has 0 fully saturated rings. The molecule has 108 valence electrons. The second kappa shape index (κ2) is 4.47. The van der Waals surface area contributed by atoms with Crippen LogP contribution in [0, 0.1) is 0 Å². The highest BCUT2D eigenvalue weighted by Gasteiger charge is 2.11. The second-order valence-corrected chi connectivity index (χ2v) is 5.99. The molecule has 0 aliphatic rings. The van der Waals surface area contributed by atoms with Gasteiger partial charge in [-0.25, -0.2) is 0 Å². The maximum Gasteiger partial charge on any atom is 0.124 e. The van der Waals surface area contributed by atoms with Gasteiger partial charge in [0.2, 0.25) is 0 Å². The molecule has 0 unspecified atom stereocenters. The first kappa shape index (κ1) is 12.5. The van der Waals surface area contributed by atoms with Crippen LogP contribution in [0.5, 0.6) is 5.75 Å². The first-order valence-electron chi connectivity index (χ1n) is 7.78. The molecule has 1 nitrogen and oxygen atoms in total. The van der Waals surface area contributed by atoms with E-state index in [1.54, 1.807) is 0 Å². The summed E-state index contributed by atoms with van der Waals surface area (Å²) < 4.78 is 0. The Morgan fingerprint density at radius 1 is 0.478 bits per heavy atom. The highest BCUT2D eigenvalue weighted by atomic mass is 16.3. The van der Waals surface area contributed by atoms with Crippen molar-refractivity contribution in [3.63, 3.8) is 0 Å². The summed E-state index contributed by atoms with van der Waals surface area (Å²) in [6.45, 7) is 0. The van der Waals surface area contributed by atoms with Gasteiger partial charge in [-0.1, -0.05) is 72.8 Å². The van der Waals surface area contributed by atoms with Crippen LogP contribution in [0.2, 0.25) is 0 Å². The van der Waals surface area contributed by atoms with Gasteiger partial charge in [-0.15, -0.1) is 0 Å². The minimum absolute atomic E-state index is 0.341. The zero-order valence-corrected chi connectivity index (χ0v) is 12.5. The normalized spacial score (nSPS) is 11.7. The topological polar surface area (TPSA) is 20.2 Å². The molecule has 0 radical (unpaired) electrons. The van der Waals surface area contributed by atoms with Crippen LogP contribution < -0.4 is 0 Å². The van der Waals surface area contributed by atoms with Gasteiger partial charge < -0.3 is 5.11 Å². The number of rotatable bonds is 0. The zero-order chi connectivity index (χ0) is 15.4. The fraction of sp³-hybridized carbons (Fsp3) is 0. The number of hydrogen-bond donors (Lipinski definition) is 1. The summed E-state index contributed by atoms with van der Waals surface area (Å²) in [6.07, 6.45) is 0. The van der Waals surface area contributed by atoms with E-state index in [0.717, 1.165) is 16.2 Å². The van der Waals surface area contributed by atoms with E-state index < -0.39 is 0 Å². The van der Waals surface area contributed by atoms with Gasteiger partial charge in [-0.2, -0.15) is 0 Å². The van der Waals surface area contributed by atoms with Crippen LogP contribution in [0.3, 0.4) is 0 Å². The van der Waals surface area contributed by atoms with Gasteiger partial charge in [0.15, 0.2) is 0 Å². The lowest BCUT2D eigenvalue weighted by molar-refractivity contribution is 0.482. The maximum atomic E-state index is 10.5. The molecule has 0 aliphatic carbocycles. The Morgan fingerprint density at radius 3 is 1.91 bits per heavy atom. The molecule has 1 N–H and O–H groups in total. The van der Waals surface area contributed by atoms with E-state index >= 15 is 0 Å². The molecule has 0 heterocycles. The Hall–Kier alpha value is -3.06. The molecule has 1 heteroatoms. The lowest BCUT2D eigenvalue weighted by Crippen LogP contribution is -1.84. The van der Waals surface area contributed by atoms with E-state index in [4.69, 9.17) is 0 Å². The number of phenols is 1. The van der Waals surface area contributed by atoms with Gasteiger partial charge in [0, 0.05) is 10.8 Å². The van der Waals surface area contributed by atoms with Crippen LogP contribution in [0.1, 0.15) is 0 Å². The second-order valence-electron chi connectivity index (χ2n) is 5.99. The van der Waals surface area contributed by atoms with Crippen LogP contribution in [0.25, 0.3) is 43.1 Å². The lowest BCUT2D eigenvalue weighted by atomic mass is 9.92. The molecule has 0 amide bonds. The molecule has 0 aromatic heterocycles. The molecule has 23 heavy (non-hydrogen) atoms. The Kier molecular flexibility index (Phi) is 2.42. The predicted octanol–water partition coefficient (Wildman–Crippen LogP) is 6.01. The molecule has 0 atom stereocenters. The Labute approximate surface area is 133 Å². The van der Waals surface area contributed by atoms with Crippen molar-refractivity contribution in [1.29, 1.82) is 0 Å². The van der Waals surface area contributed by atoms with Crippen molar-refractivity contribution < 1.29 is 5.11 Å². The van der Waals surface area contributed by atoms with Gasteiger partial charge in [0.25, 0.3) is 0 Å². The lowest BCUT2D eigenvalue weighted by Gasteiger charge is -2.12. The fourth-order valence-electron chi connectivity index (χ4n) is 3.67. The quantitative estimate of drug-likeness (QED) is 0.347. The third-order valence-electron chi connectivity index (χ3n) is 4.71. The third kappa shape index (κ3) is 1.68. The highest BCUT2D eigenvalue weighted by Crippen LogP contribution is 2.40. The minimum Gasteiger partial charge on any atom is -0.507 e. The summed E-state index contributed by atoms with van der Waals surface area (Å²) in [6, 6.07) is 27.0. The average molecular weight is 294 g/mol. The molecule has 0 spiro atoms. The van der Waals surface area contributed by atoms with E-state index in [-0.39, 0.29) is 0 Å². The molecule has 0 saturated heterocycles. The molecular weight excluding hydrogens is 280 g/mol. The summed E-state index contributed by atoms with van der Waals surface area (Å²) in [4.78, 5) is 0. The number of phenolic OH excluding ortho intramolecular Hbond substituents is 1. The molecule has 5 aromatic carbocycles. The van der Waals surface area contributed by atoms with E-state index in [1.807, 2.05) is 18.2 Å². The smallest absolute Gasteiger partial charge is 0.124 e. The van der Waals surface area contributed by atoms with Crippen molar-refractivity contribution in [1.82, 2.24) is 0 Å². The molecular formula is C22H14O. The van der Waals surface area contributed by atoms with Crippen LogP contribution in [-0.4, -0.2) is 5.11 Å². The first-order chi connectivity index (χ1) is 11.3. The largest absolute Gasteiger partial charge is 0.507 e. The van der Waals surface area contributed by atoms with Gasteiger partial charge >= 0.3 is 0 Å². The minimum atomic E-state index is 0.341.